The van der Waals surface area contributed by atoms with E-state index in [4.69, 9.17) is 4.74 Å². The number of aromatic nitrogens is 3. The largest absolute Gasteiger partial charge is 0.463 e. The summed E-state index contributed by atoms with van der Waals surface area (Å²) in [7, 11) is 0. The van der Waals surface area contributed by atoms with Gasteiger partial charge >= 0.3 is 5.97 Å². The topological polar surface area (TPSA) is 57.0 Å². The van der Waals surface area contributed by atoms with Crippen LogP contribution in [0.1, 0.15) is 37.3 Å². The number of alkyl halides is 2. The van der Waals surface area contributed by atoms with E-state index in [1.54, 1.807) is 23.7 Å². The minimum Gasteiger partial charge on any atom is -0.463 e. The zero-order valence-corrected chi connectivity index (χ0v) is 12.7. The first kappa shape index (κ1) is 15.6. The van der Waals surface area contributed by atoms with Crippen molar-refractivity contribution in [3.63, 3.8) is 0 Å². The summed E-state index contributed by atoms with van der Waals surface area (Å²) in [5, 5.41) is 7.93. The molecule has 0 spiro atoms. The first-order valence-electron chi connectivity index (χ1n) is 7.59. The number of carbonyl (C=O) groups is 1. The fraction of sp³-hybridized carbons (Fsp3) is 0.438. The van der Waals surface area contributed by atoms with E-state index >= 15 is 0 Å². The van der Waals surface area contributed by atoms with Gasteiger partial charge in [-0.2, -0.15) is 0 Å². The monoisotopic (exact) mass is 321 g/mol. The average molecular weight is 321 g/mol. The van der Waals surface area contributed by atoms with E-state index in [1.807, 2.05) is 0 Å². The highest BCUT2D eigenvalue weighted by Crippen LogP contribution is 2.34. The molecular formula is C16H17F2N3O2. The molecule has 1 aromatic carbocycles. The predicted octanol–water partition coefficient (Wildman–Crippen LogP) is 3.36. The number of nitrogens with zero attached hydrogens (tertiary/aromatic N) is 3. The van der Waals surface area contributed by atoms with Crippen molar-refractivity contribution in [2.45, 2.75) is 32.7 Å². The summed E-state index contributed by atoms with van der Waals surface area (Å²) in [4.78, 5) is 11.4. The molecule has 23 heavy (non-hydrogen) atoms. The molecule has 0 N–H and O–H groups in total. The quantitative estimate of drug-likeness (QED) is 0.605. The first-order valence-corrected chi connectivity index (χ1v) is 7.59. The molecule has 1 aliphatic carbocycles. The maximum absolute atomic E-state index is 13.5. The van der Waals surface area contributed by atoms with Gasteiger partial charge in [-0.25, -0.2) is 18.3 Å². The van der Waals surface area contributed by atoms with Crippen LogP contribution in [0.25, 0.3) is 17.1 Å². The van der Waals surface area contributed by atoms with Crippen molar-refractivity contribution in [2.24, 2.45) is 5.92 Å². The highest BCUT2D eigenvalue weighted by Gasteiger charge is 2.25. The second kappa shape index (κ2) is 6.44. The Morgan fingerprint density at radius 1 is 1.48 bits per heavy atom. The summed E-state index contributed by atoms with van der Waals surface area (Å²) in [5.74, 6) is 0.00323. The van der Waals surface area contributed by atoms with Gasteiger partial charge in [-0.05, 0) is 43.4 Å². The van der Waals surface area contributed by atoms with Crippen molar-refractivity contribution in [1.82, 2.24) is 15.0 Å². The second-order valence-electron chi connectivity index (χ2n) is 5.54. The lowest BCUT2D eigenvalue weighted by Crippen LogP contribution is -2.02. The van der Waals surface area contributed by atoms with Crippen LogP contribution in [0.5, 0.6) is 0 Å². The summed E-state index contributed by atoms with van der Waals surface area (Å²) >= 11 is 0. The molecule has 0 atom stereocenters. The van der Waals surface area contributed by atoms with Crippen LogP contribution in [0, 0.1) is 5.92 Å². The number of fused-ring (bicyclic) bond motifs is 1. The maximum Gasteiger partial charge on any atom is 0.330 e. The number of hydrogen-bond donors (Lipinski definition) is 0. The number of ether oxygens (including phenoxy) is 1. The minimum atomic E-state index is -2.70. The van der Waals surface area contributed by atoms with Gasteiger partial charge in [0.25, 0.3) is 6.43 Å². The Bertz CT molecular complexity index is 751. The molecule has 0 saturated heterocycles. The fourth-order valence-corrected chi connectivity index (χ4v) is 2.48. The number of hydrogen-bond acceptors (Lipinski definition) is 4. The molecule has 5 nitrogen and oxygen atoms in total. The number of carbonyl (C=O) groups excluding carboxylic acids is 1. The van der Waals surface area contributed by atoms with Crippen molar-refractivity contribution < 1.29 is 18.3 Å². The molecule has 0 unspecified atom stereocenters. The molecule has 1 fully saturated rings. The van der Waals surface area contributed by atoms with E-state index in [1.165, 1.54) is 6.08 Å². The van der Waals surface area contributed by atoms with Gasteiger partial charge in [-0.1, -0.05) is 11.3 Å². The van der Waals surface area contributed by atoms with Gasteiger partial charge in [0.05, 0.1) is 17.7 Å². The van der Waals surface area contributed by atoms with Crippen LogP contribution in [-0.2, 0) is 16.1 Å². The lowest BCUT2D eigenvalue weighted by molar-refractivity contribution is -0.137. The molecule has 1 heterocycles. The van der Waals surface area contributed by atoms with Crippen molar-refractivity contribution in [3.8, 4) is 0 Å². The van der Waals surface area contributed by atoms with Crippen molar-refractivity contribution >= 4 is 23.1 Å². The number of halogens is 2. The van der Waals surface area contributed by atoms with Crippen LogP contribution < -0.4 is 0 Å². The SMILES string of the molecule is CCOC(=O)/C=C/c1ccc2c(nnn2CC2CC2)c1C(F)F. The Morgan fingerprint density at radius 2 is 2.26 bits per heavy atom. The van der Waals surface area contributed by atoms with Gasteiger partial charge < -0.3 is 4.74 Å². The van der Waals surface area contributed by atoms with E-state index in [9.17, 15) is 13.6 Å². The zero-order valence-electron chi connectivity index (χ0n) is 12.7. The van der Waals surface area contributed by atoms with Gasteiger partial charge in [0.2, 0.25) is 0 Å². The molecule has 0 amide bonds. The Balaban J connectivity index is 1.98. The van der Waals surface area contributed by atoms with Crippen LogP contribution in [-0.4, -0.2) is 27.6 Å². The minimum absolute atomic E-state index is 0.187. The van der Waals surface area contributed by atoms with Crippen molar-refractivity contribution in [3.05, 3.63) is 29.3 Å². The molecule has 0 aliphatic heterocycles. The highest BCUT2D eigenvalue weighted by molar-refractivity contribution is 5.89. The maximum atomic E-state index is 13.5. The molecule has 7 heteroatoms. The van der Waals surface area contributed by atoms with E-state index in [0.29, 0.717) is 18.0 Å². The second-order valence-corrected chi connectivity index (χ2v) is 5.54. The zero-order chi connectivity index (χ0) is 16.4. The van der Waals surface area contributed by atoms with Crippen molar-refractivity contribution in [1.29, 1.82) is 0 Å². The van der Waals surface area contributed by atoms with Crippen molar-refractivity contribution in [2.75, 3.05) is 6.61 Å². The number of benzene rings is 1. The Kier molecular flexibility index (Phi) is 4.36. The fourth-order valence-electron chi connectivity index (χ4n) is 2.48. The van der Waals surface area contributed by atoms with E-state index in [0.717, 1.165) is 18.9 Å². The van der Waals surface area contributed by atoms with Gasteiger partial charge in [-0.15, -0.1) is 5.10 Å². The summed E-state index contributed by atoms with van der Waals surface area (Å²) < 4.78 is 33.4. The van der Waals surface area contributed by atoms with Gasteiger partial charge in [0, 0.05) is 12.6 Å². The molecule has 1 aromatic heterocycles. The van der Waals surface area contributed by atoms with Gasteiger partial charge in [0.15, 0.2) is 0 Å². The Labute approximate surface area is 131 Å². The Morgan fingerprint density at radius 3 is 2.91 bits per heavy atom. The van der Waals surface area contributed by atoms with Gasteiger partial charge in [-0.3, -0.25) is 0 Å². The summed E-state index contributed by atoms with van der Waals surface area (Å²) in [6.07, 6.45) is 2.06. The average Bonchev–Trinajstić information content (AvgIpc) is 3.24. The first-order chi connectivity index (χ1) is 11.1. The van der Waals surface area contributed by atoms with Gasteiger partial charge in [0.1, 0.15) is 5.52 Å². The summed E-state index contributed by atoms with van der Waals surface area (Å²) in [6.45, 7) is 2.62. The highest BCUT2D eigenvalue weighted by atomic mass is 19.3. The number of esters is 1. The van der Waals surface area contributed by atoms with E-state index < -0.39 is 12.4 Å². The lowest BCUT2D eigenvalue weighted by Gasteiger charge is -2.07. The van der Waals surface area contributed by atoms with Crippen LogP contribution in [0.2, 0.25) is 0 Å². The van der Waals surface area contributed by atoms with E-state index in [2.05, 4.69) is 10.3 Å². The lowest BCUT2D eigenvalue weighted by atomic mass is 10.1. The summed E-state index contributed by atoms with van der Waals surface area (Å²) in [6, 6.07) is 3.28. The molecule has 3 rings (SSSR count). The third kappa shape index (κ3) is 3.38. The molecule has 0 radical (unpaired) electrons. The standard InChI is InChI=1S/C16H17F2N3O2/c1-2-23-13(22)8-6-11-5-7-12-15(14(11)16(17)18)19-20-21(12)9-10-3-4-10/h5-8,10,16H,2-4,9H2,1H3/b8-6+. The van der Waals surface area contributed by atoms with Crippen LogP contribution in [0.4, 0.5) is 8.78 Å². The molecule has 2 aromatic rings. The molecule has 1 saturated carbocycles. The molecular weight excluding hydrogens is 304 g/mol. The van der Waals surface area contributed by atoms with Crippen LogP contribution in [0.15, 0.2) is 18.2 Å². The molecule has 1 aliphatic rings. The Hall–Kier alpha value is -2.31. The third-order valence-electron chi connectivity index (χ3n) is 3.79. The van der Waals surface area contributed by atoms with E-state index in [-0.39, 0.29) is 23.3 Å². The normalized spacial score (nSPS) is 15.0. The third-order valence-corrected chi connectivity index (χ3v) is 3.79. The molecule has 122 valence electrons. The van der Waals surface area contributed by atoms with Crippen LogP contribution >= 0.6 is 0 Å². The molecule has 0 bridgehead atoms. The number of rotatable bonds is 6. The smallest absolute Gasteiger partial charge is 0.330 e. The predicted molar refractivity (Wildman–Crippen MR) is 80.9 cm³/mol. The van der Waals surface area contributed by atoms with Crippen LogP contribution in [0.3, 0.4) is 0 Å². The summed E-state index contributed by atoms with van der Waals surface area (Å²) in [5.41, 5.74) is 0.830.